The maximum absolute atomic E-state index is 13.5. The van der Waals surface area contributed by atoms with Crippen molar-refractivity contribution in [1.82, 2.24) is 0 Å². The van der Waals surface area contributed by atoms with E-state index in [1.54, 1.807) is 18.2 Å². The van der Waals surface area contributed by atoms with E-state index in [0.29, 0.717) is 17.1 Å². The van der Waals surface area contributed by atoms with Crippen LogP contribution in [0.3, 0.4) is 0 Å². The number of benzene rings is 2. The van der Waals surface area contributed by atoms with E-state index < -0.39 is 0 Å². The van der Waals surface area contributed by atoms with Gasteiger partial charge in [0, 0.05) is 10.0 Å². The van der Waals surface area contributed by atoms with Gasteiger partial charge in [0.2, 0.25) is 0 Å². The Balaban J connectivity index is 2.33. The number of halogens is 3. The first kappa shape index (κ1) is 12.4. The molecule has 0 aliphatic carbocycles. The molecule has 0 aliphatic rings. The molecule has 0 fully saturated rings. The van der Waals surface area contributed by atoms with E-state index in [-0.39, 0.29) is 11.7 Å². The molecular weight excluding hydrogens is 306 g/mol. The molecule has 0 saturated carbocycles. The van der Waals surface area contributed by atoms with Crippen molar-refractivity contribution >= 4 is 27.5 Å². The number of alkyl halides is 1. The molecule has 0 bridgehead atoms. The van der Waals surface area contributed by atoms with Crippen LogP contribution in [0.1, 0.15) is 5.56 Å². The highest BCUT2D eigenvalue weighted by Crippen LogP contribution is 2.29. The molecule has 2 aromatic carbocycles. The first-order valence-corrected chi connectivity index (χ1v) is 6.30. The van der Waals surface area contributed by atoms with E-state index in [4.69, 9.17) is 16.3 Å². The number of rotatable bonds is 3. The Morgan fingerprint density at radius 1 is 1.18 bits per heavy atom. The van der Waals surface area contributed by atoms with Gasteiger partial charge in [-0.2, -0.15) is 0 Å². The summed E-state index contributed by atoms with van der Waals surface area (Å²) in [5.41, 5.74) is 0.370. The summed E-state index contributed by atoms with van der Waals surface area (Å²) in [6.07, 6.45) is 0. The molecule has 4 heteroatoms. The first-order chi connectivity index (χ1) is 8.20. The van der Waals surface area contributed by atoms with E-state index >= 15 is 0 Å². The van der Waals surface area contributed by atoms with E-state index in [1.807, 2.05) is 18.2 Å². The van der Waals surface area contributed by atoms with Crippen LogP contribution in [0.4, 0.5) is 4.39 Å². The Morgan fingerprint density at radius 3 is 2.65 bits per heavy atom. The third kappa shape index (κ3) is 2.99. The predicted octanol–water partition coefficient (Wildman–Crippen LogP) is 5.12. The average molecular weight is 316 g/mol. The second kappa shape index (κ2) is 5.52. The highest BCUT2D eigenvalue weighted by Gasteiger charge is 2.09. The van der Waals surface area contributed by atoms with E-state index in [9.17, 15) is 4.39 Å². The molecule has 88 valence electrons. The van der Waals surface area contributed by atoms with E-state index in [0.717, 1.165) is 4.47 Å². The molecule has 0 amide bonds. The molecule has 0 saturated heterocycles. The molecule has 0 atom stereocenters. The number of hydrogen-bond donors (Lipinski definition) is 0. The van der Waals surface area contributed by atoms with Gasteiger partial charge in [0.15, 0.2) is 0 Å². The van der Waals surface area contributed by atoms with Crippen molar-refractivity contribution in [3.63, 3.8) is 0 Å². The summed E-state index contributed by atoms with van der Waals surface area (Å²) < 4.78 is 20.0. The van der Waals surface area contributed by atoms with Crippen molar-refractivity contribution in [2.24, 2.45) is 0 Å². The van der Waals surface area contributed by atoms with Crippen LogP contribution in [0.25, 0.3) is 0 Å². The van der Waals surface area contributed by atoms with Crippen LogP contribution in [0.15, 0.2) is 46.9 Å². The van der Waals surface area contributed by atoms with Crippen LogP contribution >= 0.6 is 27.5 Å². The third-order valence-corrected chi connectivity index (χ3v) is 2.99. The quantitative estimate of drug-likeness (QED) is 0.714. The summed E-state index contributed by atoms with van der Waals surface area (Å²) >= 11 is 9.05. The third-order valence-electron chi connectivity index (χ3n) is 2.23. The van der Waals surface area contributed by atoms with Crippen LogP contribution < -0.4 is 4.74 Å². The van der Waals surface area contributed by atoms with Crippen molar-refractivity contribution in [3.8, 4) is 11.5 Å². The zero-order valence-electron chi connectivity index (χ0n) is 8.79. The van der Waals surface area contributed by atoms with Crippen molar-refractivity contribution in [2.75, 3.05) is 0 Å². The largest absolute Gasteiger partial charge is 0.457 e. The lowest BCUT2D eigenvalue weighted by Gasteiger charge is -2.10. The minimum Gasteiger partial charge on any atom is -0.457 e. The fraction of sp³-hybridized carbons (Fsp3) is 0.0769. The zero-order chi connectivity index (χ0) is 12.3. The van der Waals surface area contributed by atoms with E-state index in [2.05, 4.69) is 15.9 Å². The summed E-state index contributed by atoms with van der Waals surface area (Å²) in [5, 5.41) is 0. The Bertz CT molecular complexity index is 531. The van der Waals surface area contributed by atoms with Crippen molar-refractivity contribution in [2.45, 2.75) is 5.88 Å². The van der Waals surface area contributed by atoms with Gasteiger partial charge < -0.3 is 4.74 Å². The molecule has 0 N–H and O–H groups in total. The Kier molecular flexibility index (Phi) is 4.02. The van der Waals surface area contributed by atoms with Crippen LogP contribution in [-0.2, 0) is 5.88 Å². The van der Waals surface area contributed by atoms with Gasteiger partial charge in [-0.25, -0.2) is 4.39 Å². The Hall–Kier alpha value is -1.06. The lowest BCUT2D eigenvalue weighted by Crippen LogP contribution is -1.93. The minimum atomic E-state index is -0.354. The maximum atomic E-state index is 13.5. The normalized spacial score (nSPS) is 10.3. The smallest absolute Gasteiger partial charge is 0.134 e. The fourth-order valence-corrected chi connectivity index (χ4v) is 2.06. The summed E-state index contributed by atoms with van der Waals surface area (Å²) in [6, 6.07) is 12.0. The van der Waals surface area contributed by atoms with E-state index in [1.165, 1.54) is 6.07 Å². The highest BCUT2D eigenvalue weighted by molar-refractivity contribution is 9.10. The van der Waals surface area contributed by atoms with Crippen molar-refractivity contribution in [3.05, 3.63) is 58.3 Å². The Morgan fingerprint density at radius 2 is 1.94 bits per heavy atom. The van der Waals surface area contributed by atoms with Crippen LogP contribution in [0, 0.1) is 5.82 Å². The topological polar surface area (TPSA) is 9.23 Å². The average Bonchev–Trinajstić information content (AvgIpc) is 2.29. The summed E-state index contributed by atoms with van der Waals surface area (Å²) in [7, 11) is 0. The van der Waals surface area contributed by atoms with Gasteiger partial charge in [-0.15, -0.1) is 11.6 Å². The second-order valence-corrected chi connectivity index (χ2v) is 4.59. The molecule has 0 radical (unpaired) electrons. The molecule has 1 nitrogen and oxygen atoms in total. The van der Waals surface area contributed by atoms with Gasteiger partial charge in [0.25, 0.3) is 0 Å². The highest BCUT2D eigenvalue weighted by atomic mass is 79.9. The molecule has 0 unspecified atom stereocenters. The Labute approximate surface area is 112 Å². The van der Waals surface area contributed by atoms with Crippen LogP contribution in [0.5, 0.6) is 11.5 Å². The molecule has 0 aromatic heterocycles. The maximum Gasteiger partial charge on any atom is 0.134 e. The summed E-state index contributed by atoms with van der Waals surface area (Å²) in [4.78, 5) is 0. The minimum absolute atomic E-state index is 0.0794. The van der Waals surface area contributed by atoms with Gasteiger partial charge in [-0.05, 0) is 30.3 Å². The SMILES string of the molecule is Fc1cccc(Oc2cccc(Br)c2)c1CCl. The van der Waals surface area contributed by atoms with Crippen LogP contribution in [0.2, 0.25) is 0 Å². The van der Waals surface area contributed by atoms with Gasteiger partial charge in [-0.3, -0.25) is 0 Å². The summed E-state index contributed by atoms with van der Waals surface area (Å²) in [6.45, 7) is 0. The first-order valence-electron chi connectivity index (χ1n) is 4.97. The lowest BCUT2D eigenvalue weighted by atomic mass is 10.2. The molecule has 0 heterocycles. The molecule has 2 aromatic rings. The van der Waals surface area contributed by atoms with Gasteiger partial charge in [0.05, 0.1) is 5.88 Å². The van der Waals surface area contributed by atoms with Gasteiger partial charge >= 0.3 is 0 Å². The molecule has 17 heavy (non-hydrogen) atoms. The molecule has 0 aliphatic heterocycles. The van der Waals surface area contributed by atoms with Crippen molar-refractivity contribution < 1.29 is 9.13 Å². The van der Waals surface area contributed by atoms with Gasteiger partial charge in [0.1, 0.15) is 17.3 Å². The standard InChI is InChI=1S/C13H9BrClFO/c14-9-3-1-4-10(7-9)17-13-6-2-5-12(16)11(13)8-15/h1-7H,8H2. The molecule has 0 spiro atoms. The molecular formula is C13H9BrClFO. The fourth-order valence-electron chi connectivity index (χ4n) is 1.42. The lowest BCUT2D eigenvalue weighted by molar-refractivity contribution is 0.470. The summed E-state index contributed by atoms with van der Waals surface area (Å²) in [5.74, 6) is 0.803. The van der Waals surface area contributed by atoms with Crippen LogP contribution in [-0.4, -0.2) is 0 Å². The van der Waals surface area contributed by atoms with Crippen molar-refractivity contribution in [1.29, 1.82) is 0 Å². The zero-order valence-corrected chi connectivity index (χ0v) is 11.1. The number of ether oxygens (including phenoxy) is 1. The predicted molar refractivity (Wildman–Crippen MR) is 70.2 cm³/mol. The van der Waals surface area contributed by atoms with Gasteiger partial charge in [-0.1, -0.05) is 28.1 Å². The second-order valence-electron chi connectivity index (χ2n) is 3.41. The number of hydrogen-bond acceptors (Lipinski definition) is 1. The molecule has 2 rings (SSSR count). The monoisotopic (exact) mass is 314 g/mol.